The zero-order valence-electron chi connectivity index (χ0n) is 11.8. The van der Waals surface area contributed by atoms with Crippen LogP contribution < -0.4 is 5.32 Å². The molecule has 1 aromatic carbocycles. The van der Waals surface area contributed by atoms with Crippen LogP contribution in [0.4, 0.5) is 0 Å². The highest BCUT2D eigenvalue weighted by molar-refractivity contribution is 5.19. The van der Waals surface area contributed by atoms with Crippen LogP contribution in [0.5, 0.6) is 0 Å². The van der Waals surface area contributed by atoms with E-state index in [2.05, 4.69) is 62.3 Å². The molecule has 0 spiro atoms. The van der Waals surface area contributed by atoms with Crippen LogP contribution >= 0.6 is 0 Å². The predicted molar refractivity (Wildman–Crippen MR) is 79.3 cm³/mol. The third kappa shape index (κ3) is 4.94. The summed E-state index contributed by atoms with van der Waals surface area (Å²) in [7, 11) is 0. The topological polar surface area (TPSA) is 12.0 Å². The van der Waals surface area contributed by atoms with Gasteiger partial charge in [-0.25, -0.2) is 0 Å². The molecule has 0 fully saturated rings. The van der Waals surface area contributed by atoms with Gasteiger partial charge >= 0.3 is 0 Å². The molecule has 0 heterocycles. The van der Waals surface area contributed by atoms with E-state index in [4.69, 9.17) is 6.42 Å². The van der Waals surface area contributed by atoms with Crippen LogP contribution in [0.25, 0.3) is 0 Å². The first-order valence-corrected chi connectivity index (χ1v) is 6.91. The fraction of sp³-hybridized carbons (Fsp3) is 0.529. The monoisotopic (exact) mass is 243 g/mol. The summed E-state index contributed by atoms with van der Waals surface area (Å²) in [6.07, 6.45) is 8.45. The van der Waals surface area contributed by atoms with Crippen molar-refractivity contribution in [3.05, 3.63) is 35.9 Å². The Morgan fingerprint density at radius 1 is 1.22 bits per heavy atom. The molecule has 98 valence electrons. The zero-order chi connectivity index (χ0) is 13.4. The number of hydrogen-bond donors (Lipinski definition) is 1. The number of benzene rings is 1. The summed E-state index contributed by atoms with van der Waals surface area (Å²) < 4.78 is 0. The first-order chi connectivity index (χ1) is 8.67. The van der Waals surface area contributed by atoms with E-state index in [1.807, 2.05) is 0 Å². The molecule has 0 aromatic heterocycles. The molecular weight excluding hydrogens is 218 g/mol. The third-order valence-corrected chi connectivity index (χ3v) is 3.20. The van der Waals surface area contributed by atoms with Gasteiger partial charge in [0.25, 0.3) is 0 Å². The van der Waals surface area contributed by atoms with Crippen LogP contribution in [0.15, 0.2) is 30.3 Å². The highest BCUT2D eigenvalue weighted by Crippen LogP contribution is 2.22. The van der Waals surface area contributed by atoms with Crippen molar-refractivity contribution in [2.75, 3.05) is 0 Å². The van der Waals surface area contributed by atoms with Gasteiger partial charge in [0, 0.05) is 18.5 Å². The summed E-state index contributed by atoms with van der Waals surface area (Å²) in [5.74, 6) is 3.44. The SMILES string of the molecule is C#CCC(CC)NC(CC(C)C)c1ccccc1. The first-order valence-electron chi connectivity index (χ1n) is 6.91. The molecule has 0 aliphatic carbocycles. The summed E-state index contributed by atoms with van der Waals surface area (Å²) in [4.78, 5) is 0. The Morgan fingerprint density at radius 2 is 1.89 bits per heavy atom. The van der Waals surface area contributed by atoms with Crippen molar-refractivity contribution >= 4 is 0 Å². The van der Waals surface area contributed by atoms with Gasteiger partial charge in [-0.1, -0.05) is 51.1 Å². The maximum atomic E-state index is 5.43. The molecule has 1 nitrogen and oxygen atoms in total. The van der Waals surface area contributed by atoms with Gasteiger partial charge in [0.05, 0.1) is 0 Å². The number of terminal acetylenes is 1. The maximum absolute atomic E-state index is 5.43. The smallest absolute Gasteiger partial charge is 0.0325 e. The van der Waals surface area contributed by atoms with Crippen LogP contribution in [0.1, 0.15) is 51.6 Å². The van der Waals surface area contributed by atoms with Crippen molar-refractivity contribution in [2.24, 2.45) is 5.92 Å². The second-order valence-corrected chi connectivity index (χ2v) is 5.27. The molecule has 18 heavy (non-hydrogen) atoms. The van der Waals surface area contributed by atoms with Crippen molar-refractivity contribution in [1.29, 1.82) is 0 Å². The van der Waals surface area contributed by atoms with E-state index in [1.54, 1.807) is 0 Å². The van der Waals surface area contributed by atoms with Crippen LogP contribution in [-0.2, 0) is 0 Å². The normalized spacial score (nSPS) is 14.2. The standard InChI is InChI=1S/C17H25N/c1-5-10-16(6-2)18-17(13-14(3)4)15-11-8-7-9-12-15/h1,7-9,11-12,14,16-18H,6,10,13H2,2-4H3. The molecule has 1 N–H and O–H groups in total. The van der Waals surface area contributed by atoms with Gasteiger partial charge in [0.2, 0.25) is 0 Å². The van der Waals surface area contributed by atoms with Gasteiger partial charge in [-0.05, 0) is 24.3 Å². The number of nitrogens with one attached hydrogen (secondary N) is 1. The van der Waals surface area contributed by atoms with Crippen molar-refractivity contribution in [1.82, 2.24) is 5.32 Å². The van der Waals surface area contributed by atoms with Gasteiger partial charge in [-0.3, -0.25) is 0 Å². The molecule has 1 aromatic rings. The average molecular weight is 243 g/mol. The molecule has 0 bridgehead atoms. The first kappa shape index (κ1) is 14.8. The van der Waals surface area contributed by atoms with E-state index < -0.39 is 0 Å². The van der Waals surface area contributed by atoms with Crippen molar-refractivity contribution < 1.29 is 0 Å². The van der Waals surface area contributed by atoms with Gasteiger partial charge in [-0.2, -0.15) is 0 Å². The van der Waals surface area contributed by atoms with Gasteiger partial charge in [0.1, 0.15) is 0 Å². The largest absolute Gasteiger partial charge is 0.306 e. The zero-order valence-corrected chi connectivity index (χ0v) is 11.8. The van der Waals surface area contributed by atoms with E-state index in [1.165, 1.54) is 5.56 Å². The number of hydrogen-bond acceptors (Lipinski definition) is 1. The molecule has 0 saturated carbocycles. The Labute approximate surface area is 112 Å². The molecule has 0 radical (unpaired) electrons. The second-order valence-electron chi connectivity index (χ2n) is 5.27. The Balaban J connectivity index is 2.76. The third-order valence-electron chi connectivity index (χ3n) is 3.20. The molecule has 1 rings (SSSR count). The molecular formula is C17H25N. The highest BCUT2D eigenvalue weighted by Gasteiger charge is 2.16. The summed E-state index contributed by atoms with van der Waals surface area (Å²) in [5, 5.41) is 3.71. The molecule has 0 saturated heterocycles. The Hall–Kier alpha value is -1.26. The second kappa shape index (κ2) is 7.95. The summed E-state index contributed by atoms with van der Waals surface area (Å²) in [6.45, 7) is 6.71. The molecule has 0 aliphatic heterocycles. The Morgan fingerprint density at radius 3 is 2.39 bits per heavy atom. The molecule has 0 aliphatic rings. The Bertz CT molecular complexity index is 361. The van der Waals surface area contributed by atoms with Crippen LogP contribution in [-0.4, -0.2) is 6.04 Å². The fourth-order valence-electron chi connectivity index (χ4n) is 2.20. The van der Waals surface area contributed by atoms with E-state index in [9.17, 15) is 0 Å². The highest BCUT2D eigenvalue weighted by atomic mass is 14.9. The molecule has 2 unspecified atom stereocenters. The lowest BCUT2D eigenvalue weighted by Crippen LogP contribution is -2.33. The van der Waals surface area contributed by atoms with E-state index in [0.717, 1.165) is 19.3 Å². The van der Waals surface area contributed by atoms with Crippen molar-refractivity contribution in [3.8, 4) is 12.3 Å². The van der Waals surface area contributed by atoms with Crippen LogP contribution in [0, 0.1) is 18.3 Å². The van der Waals surface area contributed by atoms with Crippen molar-refractivity contribution in [3.63, 3.8) is 0 Å². The van der Waals surface area contributed by atoms with Crippen LogP contribution in [0.3, 0.4) is 0 Å². The fourth-order valence-corrected chi connectivity index (χ4v) is 2.20. The van der Waals surface area contributed by atoms with E-state index in [-0.39, 0.29) is 0 Å². The van der Waals surface area contributed by atoms with E-state index in [0.29, 0.717) is 18.0 Å². The summed E-state index contributed by atoms with van der Waals surface area (Å²) >= 11 is 0. The summed E-state index contributed by atoms with van der Waals surface area (Å²) in [6, 6.07) is 11.5. The number of rotatable bonds is 7. The lowest BCUT2D eigenvalue weighted by molar-refractivity contribution is 0.374. The maximum Gasteiger partial charge on any atom is 0.0325 e. The van der Waals surface area contributed by atoms with Gasteiger partial charge in [-0.15, -0.1) is 12.3 Å². The van der Waals surface area contributed by atoms with Crippen molar-refractivity contribution in [2.45, 2.75) is 52.1 Å². The Kier molecular flexibility index (Phi) is 6.54. The van der Waals surface area contributed by atoms with Gasteiger partial charge in [0.15, 0.2) is 0 Å². The quantitative estimate of drug-likeness (QED) is 0.709. The molecule has 1 heteroatoms. The predicted octanol–water partition coefficient (Wildman–Crippen LogP) is 4.17. The lowest BCUT2D eigenvalue weighted by atomic mass is 9.95. The molecule has 2 atom stereocenters. The lowest BCUT2D eigenvalue weighted by Gasteiger charge is -2.26. The van der Waals surface area contributed by atoms with Gasteiger partial charge < -0.3 is 5.32 Å². The van der Waals surface area contributed by atoms with E-state index >= 15 is 0 Å². The molecule has 0 amide bonds. The minimum Gasteiger partial charge on any atom is -0.306 e. The van der Waals surface area contributed by atoms with Crippen LogP contribution in [0.2, 0.25) is 0 Å². The minimum atomic E-state index is 0.407. The summed E-state index contributed by atoms with van der Waals surface area (Å²) in [5.41, 5.74) is 1.36. The minimum absolute atomic E-state index is 0.407. The average Bonchev–Trinajstić information content (AvgIpc) is 2.37.